The summed E-state index contributed by atoms with van der Waals surface area (Å²) in [5.41, 5.74) is 0. The standard InChI is InChI=1S/C17H22FNO3/c18-14-5-7-16(8-6-14)22-12-15-4-1-9-19(15)17(20)13-3-2-10-21-11-13/h5-8,13,15H,1-4,9-12H2/t13-,15+/m1/s1. The van der Waals surface area contributed by atoms with Crippen molar-refractivity contribution >= 4 is 5.91 Å². The number of ether oxygens (including phenoxy) is 2. The van der Waals surface area contributed by atoms with Crippen LogP contribution < -0.4 is 4.74 Å². The van der Waals surface area contributed by atoms with Gasteiger partial charge in [-0.1, -0.05) is 0 Å². The van der Waals surface area contributed by atoms with Crippen LogP contribution >= 0.6 is 0 Å². The Morgan fingerprint density at radius 3 is 2.82 bits per heavy atom. The number of amides is 1. The van der Waals surface area contributed by atoms with E-state index in [1.54, 1.807) is 12.1 Å². The zero-order valence-electron chi connectivity index (χ0n) is 12.7. The maximum Gasteiger partial charge on any atom is 0.228 e. The average Bonchev–Trinajstić information content (AvgIpc) is 3.03. The minimum absolute atomic E-state index is 0.000158. The minimum Gasteiger partial charge on any atom is -0.491 e. The van der Waals surface area contributed by atoms with Crippen LogP contribution in [0.3, 0.4) is 0 Å². The van der Waals surface area contributed by atoms with Crippen molar-refractivity contribution in [1.82, 2.24) is 4.90 Å². The van der Waals surface area contributed by atoms with Crippen LogP contribution in [-0.4, -0.2) is 43.2 Å². The first kappa shape index (κ1) is 15.3. The van der Waals surface area contributed by atoms with Crippen LogP contribution in [0.4, 0.5) is 4.39 Å². The Labute approximate surface area is 130 Å². The molecule has 0 unspecified atom stereocenters. The van der Waals surface area contributed by atoms with Gasteiger partial charge in [-0.25, -0.2) is 4.39 Å². The molecule has 2 aliphatic heterocycles. The van der Waals surface area contributed by atoms with Crippen molar-refractivity contribution in [2.24, 2.45) is 5.92 Å². The first-order valence-corrected chi connectivity index (χ1v) is 8.00. The highest BCUT2D eigenvalue weighted by molar-refractivity contribution is 5.79. The highest BCUT2D eigenvalue weighted by atomic mass is 19.1. The molecule has 3 rings (SSSR count). The van der Waals surface area contributed by atoms with Gasteiger partial charge in [0.25, 0.3) is 0 Å². The lowest BCUT2D eigenvalue weighted by atomic mass is 10.0. The molecule has 2 atom stereocenters. The van der Waals surface area contributed by atoms with Crippen LogP contribution in [0, 0.1) is 11.7 Å². The topological polar surface area (TPSA) is 38.8 Å². The lowest BCUT2D eigenvalue weighted by molar-refractivity contribution is -0.141. The van der Waals surface area contributed by atoms with Crippen LogP contribution in [-0.2, 0) is 9.53 Å². The normalized spacial score (nSPS) is 25.2. The monoisotopic (exact) mass is 307 g/mol. The molecule has 1 aromatic rings. The number of nitrogens with zero attached hydrogens (tertiary/aromatic N) is 1. The molecule has 2 aliphatic rings. The lowest BCUT2D eigenvalue weighted by Crippen LogP contribution is -2.44. The van der Waals surface area contributed by atoms with Crippen molar-refractivity contribution in [3.05, 3.63) is 30.1 Å². The Morgan fingerprint density at radius 1 is 1.27 bits per heavy atom. The van der Waals surface area contributed by atoms with E-state index in [1.165, 1.54) is 12.1 Å². The summed E-state index contributed by atoms with van der Waals surface area (Å²) in [6, 6.07) is 6.11. The quantitative estimate of drug-likeness (QED) is 0.858. The van der Waals surface area contributed by atoms with E-state index in [-0.39, 0.29) is 23.7 Å². The summed E-state index contributed by atoms with van der Waals surface area (Å²) in [5, 5.41) is 0. The van der Waals surface area contributed by atoms with Gasteiger partial charge in [0.05, 0.1) is 18.6 Å². The van der Waals surface area contributed by atoms with Crippen LogP contribution in [0.5, 0.6) is 5.75 Å². The van der Waals surface area contributed by atoms with Crippen molar-refractivity contribution in [1.29, 1.82) is 0 Å². The number of likely N-dealkylation sites (tertiary alicyclic amines) is 1. The number of hydrogen-bond donors (Lipinski definition) is 0. The SMILES string of the molecule is O=C([C@@H]1CCCOC1)N1CCC[C@H]1COc1ccc(F)cc1. The average molecular weight is 307 g/mol. The fourth-order valence-corrected chi connectivity index (χ4v) is 3.19. The number of benzene rings is 1. The van der Waals surface area contributed by atoms with Crippen LogP contribution in [0.15, 0.2) is 24.3 Å². The third-order valence-electron chi connectivity index (χ3n) is 4.43. The maximum atomic E-state index is 12.9. The van der Waals surface area contributed by atoms with Gasteiger partial charge in [0.1, 0.15) is 18.2 Å². The lowest BCUT2D eigenvalue weighted by Gasteiger charge is -2.30. The molecule has 2 saturated heterocycles. The molecule has 4 nitrogen and oxygen atoms in total. The zero-order valence-corrected chi connectivity index (χ0v) is 12.7. The predicted molar refractivity (Wildman–Crippen MR) is 80.2 cm³/mol. The Morgan fingerprint density at radius 2 is 2.09 bits per heavy atom. The second kappa shape index (κ2) is 7.09. The number of hydrogen-bond acceptors (Lipinski definition) is 3. The van der Waals surface area contributed by atoms with Crippen molar-refractivity contribution in [2.75, 3.05) is 26.4 Å². The van der Waals surface area contributed by atoms with Gasteiger partial charge in [-0.2, -0.15) is 0 Å². The molecule has 1 amide bonds. The maximum absolute atomic E-state index is 12.9. The van der Waals surface area contributed by atoms with E-state index in [2.05, 4.69) is 0 Å². The molecule has 0 aliphatic carbocycles. The van der Waals surface area contributed by atoms with Gasteiger partial charge < -0.3 is 14.4 Å². The minimum atomic E-state index is -0.276. The van der Waals surface area contributed by atoms with Gasteiger partial charge in [0, 0.05) is 13.2 Å². The summed E-state index contributed by atoms with van der Waals surface area (Å²) < 4.78 is 24.0. The molecule has 22 heavy (non-hydrogen) atoms. The highest BCUT2D eigenvalue weighted by Gasteiger charge is 2.34. The fraction of sp³-hybridized carbons (Fsp3) is 0.588. The van der Waals surface area contributed by atoms with Gasteiger partial charge in [-0.3, -0.25) is 4.79 Å². The van der Waals surface area contributed by atoms with E-state index in [0.29, 0.717) is 19.0 Å². The third-order valence-corrected chi connectivity index (χ3v) is 4.43. The Hall–Kier alpha value is -1.62. The molecule has 0 saturated carbocycles. The number of halogens is 1. The Kier molecular flexibility index (Phi) is 4.93. The predicted octanol–water partition coefficient (Wildman–Crippen LogP) is 2.62. The molecule has 5 heteroatoms. The number of carbonyl (C=O) groups excluding carboxylic acids is 1. The first-order valence-electron chi connectivity index (χ1n) is 8.00. The molecule has 1 aromatic carbocycles. The number of rotatable bonds is 4. The fourth-order valence-electron chi connectivity index (χ4n) is 3.19. The van der Waals surface area contributed by atoms with E-state index in [9.17, 15) is 9.18 Å². The summed E-state index contributed by atoms with van der Waals surface area (Å²) in [5.74, 6) is 0.564. The molecular formula is C17H22FNO3. The van der Waals surface area contributed by atoms with E-state index in [4.69, 9.17) is 9.47 Å². The van der Waals surface area contributed by atoms with E-state index in [1.807, 2.05) is 4.90 Å². The first-order chi connectivity index (χ1) is 10.7. The highest BCUT2D eigenvalue weighted by Crippen LogP contribution is 2.24. The zero-order chi connectivity index (χ0) is 15.4. The van der Waals surface area contributed by atoms with E-state index in [0.717, 1.165) is 38.8 Å². The molecule has 0 aromatic heterocycles. The van der Waals surface area contributed by atoms with Gasteiger partial charge in [0.15, 0.2) is 0 Å². The molecule has 0 radical (unpaired) electrons. The van der Waals surface area contributed by atoms with Gasteiger partial charge in [-0.05, 0) is 49.9 Å². The third kappa shape index (κ3) is 3.58. The summed E-state index contributed by atoms with van der Waals surface area (Å²) in [6.07, 6.45) is 3.85. The molecule has 0 bridgehead atoms. The van der Waals surface area contributed by atoms with Crippen molar-refractivity contribution < 1.29 is 18.7 Å². The van der Waals surface area contributed by atoms with Crippen LogP contribution in [0.25, 0.3) is 0 Å². The summed E-state index contributed by atoms with van der Waals surface area (Å²) in [6.45, 7) is 2.57. The van der Waals surface area contributed by atoms with Gasteiger partial charge >= 0.3 is 0 Å². The van der Waals surface area contributed by atoms with Crippen LogP contribution in [0.1, 0.15) is 25.7 Å². The van der Waals surface area contributed by atoms with Gasteiger partial charge in [0.2, 0.25) is 5.91 Å². The molecular weight excluding hydrogens is 285 g/mol. The van der Waals surface area contributed by atoms with Crippen molar-refractivity contribution in [2.45, 2.75) is 31.7 Å². The molecule has 120 valence electrons. The van der Waals surface area contributed by atoms with Gasteiger partial charge in [-0.15, -0.1) is 0 Å². The second-order valence-electron chi connectivity index (χ2n) is 6.01. The number of carbonyl (C=O) groups is 1. The second-order valence-corrected chi connectivity index (χ2v) is 6.01. The summed E-state index contributed by atoms with van der Waals surface area (Å²) in [7, 11) is 0. The van der Waals surface area contributed by atoms with Crippen molar-refractivity contribution in [3.8, 4) is 5.75 Å². The molecule has 0 N–H and O–H groups in total. The largest absolute Gasteiger partial charge is 0.491 e. The van der Waals surface area contributed by atoms with E-state index < -0.39 is 0 Å². The Bertz CT molecular complexity index is 499. The molecule has 2 heterocycles. The summed E-state index contributed by atoms with van der Waals surface area (Å²) in [4.78, 5) is 14.6. The molecule has 2 fully saturated rings. The summed E-state index contributed by atoms with van der Waals surface area (Å²) >= 11 is 0. The smallest absolute Gasteiger partial charge is 0.228 e. The van der Waals surface area contributed by atoms with E-state index >= 15 is 0 Å². The molecule has 0 spiro atoms. The van der Waals surface area contributed by atoms with Crippen LogP contribution in [0.2, 0.25) is 0 Å². The van der Waals surface area contributed by atoms with Crippen molar-refractivity contribution in [3.63, 3.8) is 0 Å². The Balaban J connectivity index is 1.55.